The van der Waals surface area contributed by atoms with Crippen LogP contribution >= 0.6 is 12.2 Å². The Labute approximate surface area is 153 Å². The molecule has 1 aromatic rings. The van der Waals surface area contributed by atoms with Gasteiger partial charge in [-0.2, -0.15) is 0 Å². The quantitative estimate of drug-likeness (QED) is 0.556. The SMILES string of the molecule is O=S1(=O)CC[C@H](NN(C(=S)Nc2ccccc2)[C@@H]2CCS(=O)(=O)C2)C1. The minimum absolute atomic E-state index is 0.01000. The number of rotatable bonds is 4. The summed E-state index contributed by atoms with van der Waals surface area (Å²) in [5, 5.41) is 5.07. The molecule has 7 nitrogen and oxygen atoms in total. The van der Waals surface area contributed by atoms with E-state index in [-0.39, 0.29) is 35.1 Å². The van der Waals surface area contributed by atoms with E-state index in [1.807, 2.05) is 30.3 Å². The van der Waals surface area contributed by atoms with Gasteiger partial charge < -0.3 is 5.32 Å². The molecule has 138 valence electrons. The molecule has 2 atom stereocenters. The van der Waals surface area contributed by atoms with E-state index in [0.717, 1.165) is 5.69 Å². The molecule has 2 N–H and O–H groups in total. The maximum Gasteiger partial charge on any atom is 0.188 e. The minimum atomic E-state index is -3.09. The Kier molecular flexibility index (Phi) is 5.33. The van der Waals surface area contributed by atoms with Gasteiger partial charge in [0.25, 0.3) is 0 Å². The molecule has 2 saturated heterocycles. The van der Waals surface area contributed by atoms with Crippen LogP contribution in [0.2, 0.25) is 0 Å². The zero-order valence-corrected chi connectivity index (χ0v) is 16.0. The largest absolute Gasteiger partial charge is 0.332 e. The van der Waals surface area contributed by atoms with Crippen LogP contribution in [0.15, 0.2) is 30.3 Å². The predicted octanol–water partition coefficient (Wildman–Crippen LogP) is 0.564. The van der Waals surface area contributed by atoms with Crippen molar-refractivity contribution in [3.63, 3.8) is 0 Å². The zero-order chi connectivity index (χ0) is 18.1. The molecule has 10 heteroatoms. The number of hydrazine groups is 1. The number of nitrogens with one attached hydrogen (secondary N) is 2. The summed E-state index contributed by atoms with van der Waals surface area (Å²) in [5.41, 5.74) is 3.95. The fourth-order valence-corrected chi connectivity index (χ4v) is 6.79. The number of anilines is 1. The van der Waals surface area contributed by atoms with Gasteiger partial charge in [0.05, 0.1) is 29.1 Å². The van der Waals surface area contributed by atoms with Gasteiger partial charge in [-0.15, -0.1) is 0 Å². The molecule has 0 aromatic heterocycles. The molecule has 0 bridgehead atoms. The van der Waals surface area contributed by atoms with Gasteiger partial charge in [0.1, 0.15) is 0 Å². The second kappa shape index (κ2) is 7.18. The van der Waals surface area contributed by atoms with Crippen LogP contribution in [-0.4, -0.2) is 62.1 Å². The van der Waals surface area contributed by atoms with E-state index in [1.165, 1.54) is 0 Å². The van der Waals surface area contributed by atoms with Crippen molar-refractivity contribution in [3.8, 4) is 0 Å². The van der Waals surface area contributed by atoms with E-state index in [4.69, 9.17) is 12.2 Å². The number of nitrogens with zero attached hydrogens (tertiary/aromatic N) is 1. The third-order valence-electron chi connectivity index (χ3n) is 4.37. The maximum absolute atomic E-state index is 11.9. The molecule has 0 spiro atoms. The van der Waals surface area contributed by atoms with Crippen LogP contribution in [0.25, 0.3) is 0 Å². The number of hydrogen-bond acceptors (Lipinski definition) is 6. The lowest BCUT2D eigenvalue weighted by Crippen LogP contribution is -2.55. The summed E-state index contributed by atoms with van der Waals surface area (Å²) < 4.78 is 47.1. The molecule has 0 saturated carbocycles. The second-order valence-corrected chi connectivity index (χ2v) is 11.3. The average Bonchev–Trinajstić information content (AvgIpc) is 3.07. The van der Waals surface area contributed by atoms with Crippen molar-refractivity contribution in [3.05, 3.63) is 30.3 Å². The van der Waals surface area contributed by atoms with Crippen molar-refractivity contribution in [2.24, 2.45) is 0 Å². The van der Waals surface area contributed by atoms with Crippen LogP contribution in [0.5, 0.6) is 0 Å². The number of para-hydroxylation sites is 1. The molecular formula is C15H21N3O4S3. The molecule has 25 heavy (non-hydrogen) atoms. The molecule has 2 heterocycles. The summed E-state index contributed by atoms with van der Waals surface area (Å²) in [6.07, 6.45) is 0.956. The summed E-state index contributed by atoms with van der Waals surface area (Å²) in [7, 11) is -6.13. The van der Waals surface area contributed by atoms with E-state index in [0.29, 0.717) is 18.0 Å². The first-order valence-corrected chi connectivity index (χ1v) is 12.1. The van der Waals surface area contributed by atoms with E-state index in [9.17, 15) is 16.8 Å². The molecule has 0 amide bonds. The number of benzene rings is 1. The lowest BCUT2D eigenvalue weighted by atomic mass is 10.2. The number of hydrogen-bond donors (Lipinski definition) is 2. The molecule has 2 aliphatic rings. The standard InChI is InChI=1S/C15H21N3O4S3/c19-24(20)8-6-13(10-24)17-18(14-7-9-25(21,22)11-14)15(23)16-12-4-2-1-3-5-12/h1-5,13-14,17H,6-11H2,(H,16,23)/t13-,14+/m0/s1. The Morgan fingerprint density at radius 1 is 1.00 bits per heavy atom. The van der Waals surface area contributed by atoms with Gasteiger partial charge >= 0.3 is 0 Å². The second-order valence-electron chi connectivity index (χ2n) is 6.45. The van der Waals surface area contributed by atoms with Gasteiger partial charge in [0, 0.05) is 11.7 Å². The van der Waals surface area contributed by atoms with Crippen LogP contribution in [-0.2, 0) is 19.7 Å². The fourth-order valence-electron chi connectivity index (χ4n) is 3.11. The van der Waals surface area contributed by atoms with Crippen LogP contribution < -0.4 is 10.7 Å². The normalized spacial score (nSPS) is 27.0. The third-order valence-corrected chi connectivity index (χ3v) is 8.19. The number of thiocarbonyl (C=S) groups is 1. The predicted molar refractivity (Wildman–Crippen MR) is 102 cm³/mol. The highest BCUT2D eigenvalue weighted by atomic mass is 32.2. The van der Waals surface area contributed by atoms with Gasteiger partial charge in [0.15, 0.2) is 24.8 Å². The Bertz CT molecular complexity index is 840. The monoisotopic (exact) mass is 403 g/mol. The van der Waals surface area contributed by atoms with E-state index in [2.05, 4.69) is 10.7 Å². The van der Waals surface area contributed by atoms with Crippen molar-refractivity contribution in [2.75, 3.05) is 28.3 Å². The summed E-state index contributed by atoms with van der Waals surface area (Å²) in [5.74, 6) is 0.306. The first kappa shape index (κ1) is 18.6. The Hall–Kier alpha value is -1.23. The van der Waals surface area contributed by atoms with Gasteiger partial charge in [-0.05, 0) is 37.2 Å². The zero-order valence-electron chi connectivity index (χ0n) is 13.6. The molecule has 0 unspecified atom stereocenters. The first-order chi connectivity index (χ1) is 11.7. The topological polar surface area (TPSA) is 95.6 Å². The molecule has 2 aliphatic heterocycles. The summed E-state index contributed by atoms with van der Waals surface area (Å²) in [4.78, 5) is 0. The maximum atomic E-state index is 11.9. The highest BCUT2D eigenvalue weighted by molar-refractivity contribution is 7.92. The van der Waals surface area contributed by atoms with Crippen LogP contribution in [0.1, 0.15) is 12.8 Å². The summed E-state index contributed by atoms with van der Waals surface area (Å²) >= 11 is 5.47. The fraction of sp³-hybridized carbons (Fsp3) is 0.533. The van der Waals surface area contributed by atoms with E-state index in [1.54, 1.807) is 5.01 Å². The Morgan fingerprint density at radius 2 is 1.64 bits per heavy atom. The van der Waals surface area contributed by atoms with Crippen molar-refractivity contribution in [2.45, 2.75) is 24.9 Å². The highest BCUT2D eigenvalue weighted by Gasteiger charge is 2.37. The lowest BCUT2D eigenvalue weighted by Gasteiger charge is -2.33. The van der Waals surface area contributed by atoms with Crippen LogP contribution in [0.4, 0.5) is 5.69 Å². The molecule has 0 radical (unpaired) electrons. The van der Waals surface area contributed by atoms with Crippen molar-refractivity contribution < 1.29 is 16.8 Å². The summed E-state index contributed by atoms with van der Waals surface area (Å²) in [6.45, 7) is 0. The average molecular weight is 404 g/mol. The molecule has 3 rings (SSSR count). The van der Waals surface area contributed by atoms with Crippen LogP contribution in [0, 0.1) is 0 Å². The van der Waals surface area contributed by atoms with Gasteiger partial charge in [-0.3, -0.25) is 5.01 Å². The van der Waals surface area contributed by atoms with E-state index >= 15 is 0 Å². The van der Waals surface area contributed by atoms with Crippen molar-refractivity contribution in [1.29, 1.82) is 0 Å². The third kappa shape index (κ3) is 4.90. The van der Waals surface area contributed by atoms with E-state index < -0.39 is 19.7 Å². The minimum Gasteiger partial charge on any atom is -0.332 e. The Balaban J connectivity index is 1.75. The van der Waals surface area contributed by atoms with Gasteiger partial charge in [-0.25, -0.2) is 22.3 Å². The number of sulfone groups is 2. The highest BCUT2D eigenvalue weighted by Crippen LogP contribution is 2.20. The first-order valence-electron chi connectivity index (χ1n) is 8.06. The van der Waals surface area contributed by atoms with Gasteiger partial charge in [-0.1, -0.05) is 18.2 Å². The molecule has 2 fully saturated rings. The van der Waals surface area contributed by atoms with Gasteiger partial charge in [0.2, 0.25) is 0 Å². The Morgan fingerprint density at radius 3 is 2.20 bits per heavy atom. The molecule has 0 aliphatic carbocycles. The summed E-state index contributed by atoms with van der Waals surface area (Å²) in [6, 6.07) is 8.77. The lowest BCUT2D eigenvalue weighted by molar-refractivity contribution is 0.220. The molecular weight excluding hydrogens is 382 g/mol. The van der Waals surface area contributed by atoms with Crippen LogP contribution in [0.3, 0.4) is 0 Å². The van der Waals surface area contributed by atoms with Crippen molar-refractivity contribution >= 4 is 42.7 Å². The van der Waals surface area contributed by atoms with Crippen molar-refractivity contribution in [1.82, 2.24) is 10.4 Å². The molecule has 1 aromatic carbocycles. The smallest absolute Gasteiger partial charge is 0.188 e.